The average Bonchev–Trinajstić information content (AvgIpc) is 2.79. The van der Waals surface area contributed by atoms with Crippen LogP contribution in [0.25, 0.3) is 11.3 Å². The zero-order chi connectivity index (χ0) is 22.5. The van der Waals surface area contributed by atoms with Crippen LogP contribution in [0, 0.1) is 13.8 Å². The van der Waals surface area contributed by atoms with E-state index in [-0.39, 0.29) is 0 Å². The first-order chi connectivity index (χ1) is 15.5. The molecule has 0 atom stereocenters. The number of hydrogen-bond donors (Lipinski definition) is 1. The van der Waals surface area contributed by atoms with Crippen molar-refractivity contribution in [3.8, 4) is 11.3 Å². The van der Waals surface area contributed by atoms with Crippen molar-refractivity contribution in [2.45, 2.75) is 13.8 Å². The van der Waals surface area contributed by atoms with Crippen molar-refractivity contribution in [1.29, 1.82) is 0 Å². The fourth-order valence-electron chi connectivity index (χ4n) is 4.23. The lowest BCUT2D eigenvalue weighted by Gasteiger charge is -2.36. The van der Waals surface area contributed by atoms with Crippen LogP contribution in [0.15, 0.2) is 54.7 Å². The van der Waals surface area contributed by atoms with Crippen LogP contribution >= 0.6 is 0 Å². The molecule has 4 rings (SSSR count). The molecule has 0 bridgehead atoms. The number of nitrogens with one attached hydrogen (secondary N) is 1. The third-order valence-corrected chi connectivity index (χ3v) is 6.12. The normalized spacial score (nSPS) is 14.7. The molecule has 0 aliphatic carbocycles. The smallest absolute Gasteiger partial charge is 0.227 e. The highest BCUT2D eigenvalue weighted by Crippen LogP contribution is 2.27. The molecule has 1 aliphatic rings. The number of anilines is 3. The lowest BCUT2D eigenvalue weighted by Crippen LogP contribution is -2.48. The summed E-state index contributed by atoms with van der Waals surface area (Å²) in [6.07, 6.45) is 1.82. The lowest BCUT2D eigenvalue weighted by atomic mass is 10.00. The summed E-state index contributed by atoms with van der Waals surface area (Å²) >= 11 is 0. The van der Waals surface area contributed by atoms with Crippen molar-refractivity contribution in [1.82, 2.24) is 19.8 Å². The molecule has 1 N–H and O–H groups in total. The van der Waals surface area contributed by atoms with Crippen LogP contribution in [0.1, 0.15) is 11.1 Å². The van der Waals surface area contributed by atoms with E-state index in [1.54, 1.807) is 0 Å². The van der Waals surface area contributed by atoms with Gasteiger partial charge in [-0.3, -0.25) is 4.90 Å². The first-order valence-electron chi connectivity index (χ1n) is 11.4. The molecule has 2 aromatic carbocycles. The van der Waals surface area contributed by atoms with Gasteiger partial charge in [0.1, 0.15) is 0 Å². The van der Waals surface area contributed by atoms with Crippen LogP contribution in [0.4, 0.5) is 17.3 Å². The molecule has 0 radical (unpaired) electrons. The molecule has 0 amide bonds. The minimum absolute atomic E-state index is 0.618. The van der Waals surface area contributed by atoms with E-state index in [0.717, 1.165) is 50.6 Å². The molecule has 1 aromatic heterocycles. The highest BCUT2D eigenvalue weighted by atomic mass is 15.3. The van der Waals surface area contributed by atoms with Gasteiger partial charge in [0, 0.05) is 62.4 Å². The Morgan fingerprint density at radius 3 is 2.25 bits per heavy atom. The number of aromatic nitrogens is 2. The van der Waals surface area contributed by atoms with Crippen molar-refractivity contribution < 1.29 is 0 Å². The van der Waals surface area contributed by atoms with Crippen molar-refractivity contribution in [2.24, 2.45) is 0 Å². The average molecular weight is 431 g/mol. The van der Waals surface area contributed by atoms with Crippen molar-refractivity contribution in [3.05, 3.63) is 65.9 Å². The van der Waals surface area contributed by atoms with Crippen molar-refractivity contribution >= 4 is 17.3 Å². The third-order valence-electron chi connectivity index (χ3n) is 6.12. The topological polar surface area (TPSA) is 47.5 Å². The maximum Gasteiger partial charge on any atom is 0.227 e. The van der Waals surface area contributed by atoms with Gasteiger partial charge in [0.05, 0.1) is 5.69 Å². The monoisotopic (exact) mass is 430 g/mol. The van der Waals surface area contributed by atoms with E-state index in [4.69, 9.17) is 4.98 Å². The molecule has 32 heavy (non-hydrogen) atoms. The van der Waals surface area contributed by atoms with Crippen LogP contribution in [0.3, 0.4) is 0 Å². The van der Waals surface area contributed by atoms with Crippen LogP contribution in [0.5, 0.6) is 0 Å². The molecule has 1 aliphatic heterocycles. The van der Waals surface area contributed by atoms with E-state index in [1.165, 1.54) is 22.4 Å². The number of aryl methyl sites for hydroxylation is 2. The molecule has 6 heteroatoms. The van der Waals surface area contributed by atoms with Gasteiger partial charge in [-0.2, -0.15) is 0 Å². The van der Waals surface area contributed by atoms with Gasteiger partial charge in [0.25, 0.3) is 0 Å². The van der Waals surface area contributed by atoms with Gasteiger partial charge in [0.15, 0.2) is 0 Å². The second-order valence-electron chi connectivity index (χ2n) is 8.84. The van der Waals surface area contributed by atoms with Gasteiger partial charge in [0.2, 0.25) is 5.95 Å². The molecule has 2 heterocycles. The van der Waals surface area contributed by atoms with Crippen LogP contribution in [0.2, 0.25) is 0 Å². The molecule has 1 fully saturated rings. The Hall–Kier alpha value is -2.96. The summed E-state index contributed by atoms with van der Waals surface area (Å²) in [6, 6.07) is 16.9. The van der Waals surface area contributed by atoms with E-state index in [0.29, 0.717) is 5.95 Å². The van der Waals surface area contributed by atoms with Crippen LogP contribution < -0.4 is 10.2 Å². The van der Waals surface area contributed by atoms with Crippen molar-refractivity contribution in [3.63, 3.8) is 0 Å². The van der Waals surface area contributed by atoms with Crippen LogP contribution in [-0.4, -0.2) is 73.1 Å². The summed E-state index contributed by atoms with van der Waals surface area (Å²) in [4.78, 5) is 16.5. The van der Waals surface area contributed by atoms with Gasteiger partial charge in [-0.15, -0.1) is 0 Å². The zero-order valence-electron chi connectivity index (χ0n) is 19.7. The quantitative estimate of drug-likeness (QED) is 0.607. The molecule has 3 aromatic rings. The second kappa shape index (κ2) is 10.1. The Morgan fingerprint density at radius 1 is 0.906 bits per heavy atom. The molecular formula is C26H34N6. The predicted molar refractivity (Wildman–Crippen MR) is 134 cm³/mol. The standard InChI is InChI=1S/C26H34N6/c1-20-6-5-7-21(2)25(20)24-12-13-27-26(29-24)28-22-8-10-23(11-9-22)32-18-16-31(17-19-32)15-14-30(3)4/h5-13H,14-19H2,1-4H3,(H,27,28,29). The second-order valence-corrected chi connectivity index (χ2v) is 8.84. The summed E-state index contributed by atoms with van der Waals surface area (Å²) in [7, 11) is 4.27. The number of rotatable bonds is 7. The zero-order valence-corrected chi connectivity index (χ0v) is 19.7. The lowest BCUT2D eigenvalue weighted by molar-refractivity contribution is 0.229. The predicted octanol–water partition coefficient (Wildman–Crippen LogP) is 4.19. The molecular weight excluding hydrogens is 396 g/mol. The first-order valence-corrected chi connectivity index (χ1v) is 11.4. The number of likely N-dealkylation sites (N-methyl/N-ethyl adjacent to an activating group) is 1. The van der Waals surface area contributed by atoms with Gasteiger partial charge in [-0.25, -0.2) is 9.97 Å². The third kappa shape index (κ3) is 5.44. The Bertz CT molecular complexity index is 1000. The fourth-order valence-corrected chi connectivity index (χ4v) is 4.23. The molecule has 1 saturated heterocycles. The Balaban J connectivity index is 1.39. The molecule has 6 nitrogen and oxygen atoms in total. The maximum absolute atomic E-state index is 4.77. The molecule has 168 valence electrons. The molecule has 0 saturated carbocycles. The largest absolute Gasteiger partial charge is 0.369 e. The maximum atomic E-state index is 4.77. The Kier molecular flexibility index (Phi) is 7.02. The van der Waals surface area contributed by atoms with Gasteiger partial charge >= 0.3 is 0 Å². The number of hydrogen-bond acceptors (Lipinski definition) is 6. The molecule has 0 spiro atoms. The highest BCUT2D eigenvalue weighted by Gasteiger charge is 2.17. The minimum Gasteiger partial charge on any atom is -0.369 e. The van der Waals surface area contributed by atoms with Crippen LogP contribution in [-0.2, 0) is 0 Å². The summed E-state index contributed by atoms with van der Waals surface area (Å²) < 4.78 is 0. The summed E-state index contributed by atoms with van der Waals surface area (Å²) in [5.41, 5.74) is 6.84. The SMILES string of the molecule is Cc1cccc(C)c1-c1ccnc(Nc2ccc(N3CCN(CCN(C)C)CC3)cc2)n1. The Labute approximate surface area is 191 Å². The van der Waals surface area contributed by atoms with E-state index in [9.17, 15) is 0 Å². The number of benzene rings is 2. The first kappa shape index (κ1) is 22.2. The highest BCUT2D eigenvalue weighted by molar-refractivity contribution is 5.69. The van der Waals surface area contributed by atoms with E-state index >= 15 is 0 Å². The van der Waals surface area contributed by atoms with Gasteiger partial charge < -0.3 is 15.1 Å². The van der Waals surface area contributed by atoms with Gasteiger partial charge in [-0.1, -0.05) is 18.2 Å². The fraction of sp³-hybridized carbons (Fsp3) is 0.385. The Morgan fingerprint density at radius 2 is 1.59 bits per heavy atom. The minimum atomic E-state index is 0.618. The van der Waals surface area contributed by atoms with Crippen molar-refractivity contribution in [2.75, 3.05) is 63.6 Å². The number of piperazine rings is 1. The van der Waals surface area contributed by atoms with Gasteiger partial charge in [-0.05, 0) is 69.4 Å². The summed E-state index contributed by atoms with van der Waals surface area (Å²) in [6.45, 7) is 10.9. The summed E-state index contributed by atoms with van der Waals surface area (Å²) in [5.74, 6) is 0.618. The van der Waals surface area contributed by atoms with E-state index in [2.05, 4.69) is 95.4 Å². The van der Waals surface area contributed by atoms with E-state index in [1.807, 2.05) is 12.3 Å². The number of nitrogens with zero attached hydrogens (tertiary/aromatic N) is 5. The molecule has 0 unspecified atom stereocenters. The van der Waals surface area contributed by atoms with E-state index < -0.39 is 0 Å². The summed E-state index contributed by atoms with van der Waals surface area (Å²) in [5, 5.41) is 3.36.